The highest BCUT2D eigenvalue weighted by molar-refractivity contribution is 5.52. The Hall–Kier alpha value is -2.78. The molecule has 5 rings (SSSR count). The van der Waals surface area contributed by atoms with Gasteiger partial charge in [-0.05, 0) is 26.3 Å². The van der Waals surface area contributed by atoms with E-state index in [1.807, 2.05) is 26.0 Å². The van der Waals surface area contributed by atoms with Crippen LogP contribution >= 0.6 is 0 Å². The lowest BCUT2D eigenvalue weighted by atomic mass is 10.0. The van der Waals surface area contributed by atoms with Gasteiger partial charge in [-0.2, -0.15) is 0 Å². The van der Waals surface area contributed by atoms with Gasteiger partial charge < -0.3 is 23.8 Å². The zero-order valence-electron chi connectivity index (χ0n) is 18.1. The van der Waals surface area contributed by atoms with Crippen LogP contribution in [0.1, 0.15) is 30.7 Å². The normalized spacial score (nSPS) is 23.0. The van der Waals surface area contributed by atoms with E-state index in [9.17, 15) is 4.79 Å². The zero-order valence-corrected chi connectivity index (χ0v) is 18.1. The largest absolute Gasteiger partial charge is 0.496 e. The van der Waals surface area contributed by atoms with Crippen molar-refractivity contribution in [2.45, 2.75) is 45.6 Å². The highest BCUT2D eigenvalue weighted by Crippen LogP contribution is 2.38. The number of fused-ring (bicyclic) bond motifs is 2. The monoisotopic (exact) mass is 428 g/mol. The van der Waals surface area contributed by atoms with Gasteiger partial charge in [0.05, 0.1) is 25.0 Å². The molecule has 0 bridgehead atoms. The lowest BCUT2D eigenvalue weighted by molar-refractivity contribution is -0.00576. The number of H-pyrrole nitrogens is 1. The van der Waals surface area contributed by atoms with Gasteiger partial charge in [-0.15, -0.1) is 0 Å². The van der Waals surface area contributed by atoms with E-state index in [0.29, 0.717) is 44.3 Å². The molecule has 0 radical (unpaired) electrons. The number of aromatic nitrogens is 2. The molecule has 1 aromatic carbocycles. The molecule has 1 N–H and O–H groups in total. The Morgan fingerprint density at radius 1 is 1.19 bits per heavy atom. The van der Waals surface area contributed by atoms with Gasteiger partial charge in [-0.3, -0.25) is 14.7 Å². The topological polar surface area (TPSA) is 89.2 Å². The predicted molar refractivity (Wildman–Crippen MR) is 114 cm³/mol. The van der Waals surface area contributed by atoms with Gasteiger partial charge in [0.15, 0.2) is 11.5 Å². The Balaban J connectivity index is 1.38. The number of nitrogens with zero attached hydrogens (tertiary/aromatic N) is 3. The van der Waals surface area contributed by atoms with Crippen molar-refractivity contribution in [2.24, 2.45) is 0 Å². The Kier molecular flexibility index (Phi) is 5.23. The molecule has 1 fully saturated rings. The molecular formula is C22H28N4O5. The molecule has 0 amide bonds. The molecule has 0 aliphatic carbocycles. The SMILES string of the molecule is COc1cc2c(cc1CN1CCc3c(nc(N4C[C@@H](C)O[C@H](C)C4)[nH]c3=O)C1)OCO2. The Labute approximate surface area is 180 Å². The Morgan fingerprint density at radius 2 is 1.94 bits per heavy atom. The summed E-state index contributed by atoms with van der Waals surface area (Å²) >= 11 is 0. The van der Waals surface area contributed by atoms with E-state index < -0.39 is 0 Å². The maximum atomic E-state index is 12.8. The molecule has 2 aromatic rings. The van der Waals surface area contributed by atoms with E-state index in [1.165, 1.54) is 0 Å². The van der Waals surface area contributed by atoms with Gasteiger partial charge in [-0.25, -0.2) is 4.98 Å². The van der Waals surface area contributed by atoms with Gasteiger partial charge in [0.1, 0.15) is 5.75 Å². The summed E-state index contributed by atoms with van der Waals surface area (Å²) in [6.07, 6.45) is 0.862. The molecule has 0 unspecified atom stereocenters. The van der Waals surface area contributed by atoms with Gasteiger partial charge in [0.25, 0.3) is 5.56 Å². The summed E-state index contributed by atoms with van der Waals surface area (Å²) < 4.78 is 22.4. The van der Waals surface area contributed by atoms with E-state index in [4.69, 9.17) is 23.9 Å². The molecule has 1 saturated heterocycles. The zero-order chi connectivity index (χ0) is 21.5. The summed E-state index contributed by atoms with van der Waals surface area (Å²) in [4.78, 5) is 25.0. The maximum absolute atomic E-state index is 12.8. The first kappa shape index (κ1) is 20.1. The number of aromatic amines is 1. The summed E-state index contributed by atoms with van der Waals surface area (Å²) in [5.74, 6) is 2.84. The molecule has 3 aliphatic rings. The minimum atomic E-state index is -0.0351. The van der Waals surface area contributed by atoms with Gasteiger partial charge in [-0.1, -0.05) is 0 Å². The van der Waals surface area contributed by atoms with Gasteiger partial charge >= 0.3 is 0 Å². The molecule has 9 heteroatoms. The lowest BCUT2D eigenvalue weighted by Crippen LogP contribution is -2.47. The molecule has 1 aromatic heterocycles. The van der Waals surface area contributed by atoms with E-state index in [1.54, 1.807) is 7.11 Å². The molecule has 166 valence electrons. The van der Waals surface area contributed by atoms with Crippen molar-refractivity contribution in [1.82, 2.24) is 14.9 Å². The lowest BCUT2D eigenvalue weighted by Gasteiger charge is -2.36. The number of benzene rings is 1. The van der Waals surface area contributed by atoms with Crippen LogP contribution in [0.25, 0.3) is 0 Å². The second-order valence-electron chi connectivity index (χ2n) is 8.46. The van der Waals surface area contributed by atoms with Crippen LogP contribution in [-0.4, -0.2) is 60.6 Å². The summed E-state index contributed by atoms with van der Waals surface area (Å²) in [6, 6.07) is 3.85. The second-order valence-corrected chi connectivity index (χ2v) is 8.46. The van der Waals surface area contributed by atoms with E-state index in [0.717, 1.165) is 34.9 Å². The molecule has 0 saturated carbocycles. The molecule has 9 nitrogen and oxygen atoms in total. The smallest absolute Gasteiger partial charge is 0.255 e. The van der Waals surface area contributed by atoms with Gasteiger partial charge in [0.2, 0.25) is 12.7 Å². The third kappa shape index (κ3) is 3.95. The van der Waals surface area contributed by atoms with Crippen LogP contribution in [0.3, 0.4) is 0 Å². The molecule has 2 atom stereocenters. The van der Waals surface area contributed by atoms with Crippen LogP contribution in [0.2, 0.25) is 0 Å². The van der Waals surface area contributed by atoms with E-state index in [-0.39, 0.29) is 24.6 Å². The maximum Gasteiger partial charge on any atom is 0.255 e. The number of hydrogen-bond donors (Lipinski definition) is 1. The van der Waals surface area contributed by atoms with E-state index in [2.05, 4.69) is 14.8 Å². The summed E-state index contributed by atoms with van der Waals surface area (Å²) in [5, 5.41) is 0. The quantitative estimate of drug-likeness (QED) is 0.787. The number of anilines is 1. The first-order valence-electron chi connectivity index (χ1n) is 10.7. The van der Waals surface area contributed by atoms with Crippen molar-refractivity contribution in [3.63, 3.8) is 0 Å². The number of hydrogen-bond acceptors (Lipinski definition) is 8. The third-order valence-corrected chi connectivity index (χ3v) is 6.03. The fourth-order valence-corrected chi connectivity index (χ4v) is 4.64. The van der Waals surface area contributed by atoms with Crippen molar-refractivity contribution in [2.75, 3.05) is 38.4 Å². The number of morpholine rings is 1. The first-order chi connectivity index (χ1) is 15.0. The van der Waals surface area contributed by atoms with Crippen molar-refractivity contribution in [3.05, 3.63) is 39.3 Å². The highest BCUT2D eigenvalue weighted by Gasteiger charge is 2.27. The molecule has 31 heavy (non-hydrogen) atoms. The Bertz CT molecular complexity index is 1030. The van der Waals surface area contributed by atoms with Crippen LogP contribution in [-0.2, 0) is 24.2 Å². The predicted octanol–water partition coefficient (Wildman–Crippen LogP) is 1.68. The van der Waals surface area contributed by atoms with Crippen LogP contribution in [0.15, 0.2) is 16.9 Å². The van der Waals surface area contributed by atoms with Crippen LogP contribution in [0.5, 0.6) is 17.2 Å². The third-order valence-electron chi connectivity index (χ3n) is 6.03. The van der Waals surface area contributed by atoms with Crippen LogP contribution in [0.4, 0.5) is 5.95 Å². The van der Waals surface area contributed by atoms with Crippen molar-refractivity contribution >= 4 is 5.95 Å². The number of ether oxygens (including phenoxy) is 4. The number of nitrogens with one attached hydrogen (secondary N) is 1. The highest BCUT2D eigenvalue weighted by atomic mass is 16.7. The molecule has 4 heterocycles. The van der Waals surface area contributed by atoms with Crippen molar-refractivity contribution in [3.8, 4) is 17.2 Å². The fourth-order valence-electron chi connectivity index (χ4n) is 4.64. The van der Waals surface area contributed by atoms with Gasteiger partial charge in [0, 0.05) is 49.9 Å². The average molecular weight is 428 g/mol. The van der Waals surface area contributed by atoms with Crippen LogP contribution in [0, 0.1) is 0 Å². The van der Waals surface area contributed by atoms with E-state index >= 15 is 0 Å². The van der Waals surface area contributed by atoms with Crippen molar-refractivity contribution < 1.29 is 18.9 Å². The summed E-state index contributed by atoms with van der Waals surface area (Å²) in [6.45, 7) is 7.80. The molecule has 3 aliphatic heterocycles. The first-order valence-corrected chi connectivity index (χ1v) is 10.7. The molecule has 0 spiro atoms. The summed E-state index contributed by atoms with van der Waals surface area (Å²) in [7, 11) is 1.66. The van der Waals surface area contributed by atoms with Crippen LogP contribution < -0.4 is 24.7 Å². The average Bonchev–Trinajstić information content (AvgIpc) is 3.19. The molecular weight excluding hydrogens is 400 g/mol. The Morgan fingerprint density at radius 3 is 2.68 bits per heavy atom. The fraction of sp³-hybridized carbons (Fsp3) is 0.545. The number of methoxy groups -OCH3 is 1. The second kappa shape index (κ2) is 8.05. The minimum Gasteiger partial charge on any atom is -0.496 e. The number of rotatable bonds is 4. The summed E-state index contributed by atoms with van der Waals surface area (Å²) in [5.41, 5.74) is 2.62. The standard InChI is InChI=1S/C22H28N4O5/c1-13-8-26(9-14(2)31-13)22-23-17-11-25(5-4-16(17)21(27)24-22)10-15-6-19-20(30-12-29-19)7-18(15)28-3/h6-7,13-14H,4-5,8-12H2,1-3H3,(H,23,24,27)/t13-,14-/m1/s1. The van der Waals surface area contributed by atoms with Crippen molar-refractivity contribution in [1.29, 1.82) is 0 Å². The minimum absolute atomic E-state index is 0.0351.